The number of nitrogens with one attached hydrogen (secondary N) is 1. The summed E-state index contributed by atoms with van der Waals surface area (Å²) in [4.78, 5) is 30.5. The summed E-state index contributed by atoms with van der Waals surface area (Å²) in [6.07, 6.45) is -0.988. The van der Waals surface area contributed by atoms with Crippen LogP contribution in [-0.4, -0.2) is 40.2 Å². The summed E-state index contributed by atoms with van der Waals surface area (Å²) in [5.74, 6) is -1.57. The molecule has 1 N–H and O–H groups in total. The molecule has 27 heavy (non-hydrogen) atoms. The number of methoxy groups -OCH3 is 1. The van der Waals surface area contributed by atoms with Gasteiger partial charge in [0.2, 0.25) is 6.10 Å². The third kappa shape index (κ3) is 3.98. The quantitative estimate of drug-likeness (QED) is 0.670. The van der Waals surface area contributed by atoms with E-state index in [1.165, 1.54) is 32.2 Å². The first kappa shape index (κ1) is 18.6. The van der Waals surface area contributed by atoms with E-state index in [0.717, 1.165) is 10.9 Å². The highest BCUT2D eigenvalue weighted by Gasteiger charge is 2.19. The second-order valence-corrected chi connectivity index (χ2v) is 5.93. The summed E-state index contributed by atoms with van der Waals surface area (Å²) in [5.41, 5.74) is 1.39. The summed E-state index contributed by atoms with van der Waals surface area (Å²) in [7, 11) is 1.27. The van der Waals surface area contributed by atoms with Crippen LogP contribution in [0.15, 0.2) is 36.4 Å². The molecule has 8 nitrogen and oxygen atoms in total. The van der Waals surface area contributed by atoms with Crippen LogP contribution in [0.4, 0.5) is 10.1 Å². The zero-order chi connectivity index (χ0) is 19.6. The van der Waals surface area contributed by atoms with Crippen LogP contribution in [0.5, 0.6) is 0 Å². The van der Waals surface area contributed by atoms with E-state index in [9.17, 15) is 14.0 Å². The minimum Gasteiger partial charge on any atom is -0.465 e. The Hall–Kier alpha value is -3.20. The van der Waals surface area contributed by atoms with Crippen LogP contribution in [0.2, 0.25) is 5.02 Å². The smallest absolute Gasteiger partial charge is 0.337 e. The molecule has 1 heterocycles. The van der Waals surface area contributed by atoms with Crippen molar-refractivity contribution in [1.29, 1.82) is 0 Å². The van der Waals surface area contributed by atoms with Crippen LogP contribution in [-0.2, 0) is 9.53 Å². The maximum atomic E-state index is 13.1. The molecule has 2 aromatic carbocycles. The number of carbonyl (C=O) groups is 2. The molecule has 0 bridgehead atoms. The number of aromatic nitrogens is 3. The van der Waals surface area contributed by atoms with Crippen molar-refractivity contribution in [1.82, 2.24) is 15.2 Å². The van der Waals surface area contributed by atoms with Gasteiger partial charge in [-0.15, -0.1) is 5.10 Å². The average Bonchev–Trinajstić information content (AvgIpc) is 3.05. The molecule has 0 radical (unpaired) electrons. The van der Waals surface area contributed by atoms with Crippen LogP contribution in [0.1, 0.15) is 17.3 Å². The first-order valence-electron chi connectivity index (χ1n) is 7.76. The molecular weight excluding hydrogens is 379 g/mol. The van der Waals surface area contributed by atoms with Gasteiger partial charge in [0.25, 0.3) is 5.91 Å². The fraction of sp³-hybridized carbons (Fsp3) is 0.176. The molecule has 1 atom stereocenters. The summed E-state index contributed by atoms with van der Waals surface area (Å²) in [6, 6.07) is 8.21. The third-order valence-electron chi connectivity index (χ3n) is 3.65. The Morgan fingerprint density at radius 2 is 2.04 bits per heavy atom. The second kappa shape index (κ2) is 7.58. The van der Waals surface area contributed by atoms with E-state index >= 15 is 0 Å². The monoisotopic (exact) mass is 392 g/mol. The van der Waals surface area contributed by atoms with E-state index in [-0.39, 0.29) is 16.3 Å². The number of ether oxygens (including phenoxy) is 1. The Kier molecular flexibility index (Phi) is 5.22. The van der Waals surface area contributed by atoms with Crippen molar-refractivity contribution < 1.29 is 23.6 Å². The molecule has 1 aromatic heterocycles. The van der Waals surface area contributed by atoms with E-state index in [4.69, 9.17) is 16.4 Å². The highest BCUT2D eigenvalue weighted by Crippen LogP contribution is 2.22. The number of benzene rings is 2. The Bertz CT molecular complexity index is 1020. The van der Waals surface area contributed by atoms with E-state index < -0.39 is 23.8 Å². The zero-order valence-corrected chi connectivity index (χ0v) is 15.0. The largest absolute Gasteiger partial charge is 0.465 e. The molecule has 3 rings (SSSR count). The molecule has 1 amide bonds. The van der Waals surface area contributed by atoms with Crippen LogP contribution in [0, 0.1) is 5.82 Å². The lowest BCUT2D eigenvalue weighted by atomic mass is 10.2. The molecule has 0 aliphatic carbocycles. The lowest BCUT2D eigenvalue weighted by Crippen LogP contribution is -2.35. The number of amides is 1. The summed E-state index contributed by atoms with van der Waals surface area (Å²) in [5, 5.41) is 10.3. The van der Waals surface area contributed by atoms with Crippen LogP contribution in [0.3, 0.4) is 0 Å². The molecule has 0 aliphatic heterocycles. The van der Waals surface area contributed by atoms with Crippen molar-refractivity contribution in [2.24, 2.45) is 0 Å². The number of hydrogen-bond donors (Lipinski definition) is 1. The number of anilines is 1. The Morgan fingerprint density at radius 1 is 1.26 bits per heavy atom. The minimum absolute atomic E-state index is 0.0597. The molecule has 0 saturated heterocycles. The van der Waals surface area contributed by atoms with Gasteiger partial charge in [-0.25, -0.2) is 9.18 Å². The predicted molar refractivity (Wildman–Crippen MR) is 94.9 cm³/mol. The molecule has 0 unspecified atom stereocenters. The number of nitrogens with zero attached hydrogens (tertiary/aromatic N) is 3. The summed E-state index contributed by atoms with van der Waals surface area (Å²) < 4.78 is 17.8. The molecule has 0 aliphatic rings. The highest BCUT2D eigenvalue weighted by atomic mass is 35.5. The molecule has 10 heteroatoms. The van der Waals surface area contributed by atoms with Gasteiger partial charge in [0.15, 0.2) is 0 Å². The van der Waals surface area contributed by atoms with E-state index in [1.807, 2.05) is 0 Å². The first-order valence-corrected chi connectivity index (χ1v) is 8.13. The van der Waals surface area contributed by atoms with Crippen LogP contribution >= 0.6 is 11.6 Å². The SMILES string of the molecule is COC(=O)c1ccc2nnn(O[C@@H](C)C(=O)Nc3ccc(F)cc3Cl)c2c1. The van der Waals surface area contributed by atoms with Gasteiger partial charge in [0.05, 0.1) is 23.4 Å². The topological polar surface area (TPSA) is 95.3 Å². The molecule has 0 fully saturated rings. The number of halogens is 2. The Balaban J connectivity index is 1.77. The van der Waals surface area contributed by atoms with Crippen molar-refractivity contribution in [3.63, 3.8) is 0 Å². The van der Waals surface area contributed by atoms with E-state index in [0.29, 0.717) is 11.0 Å². The average molecular weight is 393 g/mol. The van der Waals surface area contributed by atoms with Crippen LogP contribution in [0.25, 0.3) is 11.0 Å². The van der Waals surface area contributed by atoms with Gasteiger partial charge in [-0.3, -0.25) is 4.79 Å². The number of hydrogen-bond acceptors (Lipinski definition) is 6. The van der Waals surface area contributed by atoms with Crippen LogP contribution < -0.4 is 10.2 Å². The Labute approximate surface area is 157 Å². The van der Waals surface area contributed by atoms with Gasteiger partial charge < -0.3 is 14.9 Å². The normalized spacial score (nSPS) is 11.9. The molecule has 3 aromatic rings. The molecular formula is C17H14ClFN4O4. The molecule has 0 spiro atoms. The maximum Gasteiger partial charge on any atom is 0.337 e. The van der Waals surface area contributed by atoms with Gasteiger partial charge in [-0.1, -0.05) is 16.4 Å². The summed E-state index contributed by atoms with van der Waals surface area (Å²) >= 11 is 5.89. The predicted octanol–water partition coefficient (Wildman–Crippen LogP) is 2.47. The van der Waals surface area contributed by atoms with Gasteiger partial charge >= 0.3 is 5.97 Å². The van der Waals surface area contributed by atoms with Gasteiger partial charge in [0, 0.05) is 0 Å². The van der Waals surface area contributed by atoms with Crippen molar-refractivity contribution in [3.05, 3.63) is 52.8 Å². The highest BCUT2D eigenvalue weighted by molar-refractivity contribution is 6.33. The minimum atomic E-state index is -0.988. The van der Waals surface area contributed by atoms with Crippen molar-refractivity contribution in [2.75, 3.05) is 12.4 Å². The molecule has 0 saturated carbocycles. The lowest BCUT2D eigenvalue weighted by molar-refractivity contribution is -0.127. The number of rotatable bonds is 5. The number of fused-ring (bicyclic) bond motifs is 1. The van der Waals surface area contributed by atoms with Gasteiger partial charge in [0.1, 0.15) is 16.9 Å². The van der Waals surface area contributed by atoms with Crippen molar-refractivity contribution in [2.45, 2.75) is 13.0 Å². The van der Waals surface area contributed by atoms with E-state index in [2.05, 4.69) is 20.4 Å². The molecule has 140 valence electrons. The van der Waals surface area contributed by atoms with Gasteiger partial charge in [-0.05, 0) is 48.5 Å². The maximum absolute atomic E-state index is 13.1. The fourth-order valence-corrected chi connectivity index (χ4v) is 2.46. The third-order valence-corrected chi connectivity index (χ3v) is 3.97. The van der Waals surface area contributed by atoms with E-state index in [1.54, 1.807) is 12.1 Å². The summed E-state index contributed by atoms with van der Waals surface area (Å²) in [6.45, 7) is 1.49. The second-order valence-electron chi connectivity index (χ2n) is 5.52. The number of carbonyl (C=O) groups excluding carboxylic acids is 2. The Morgan fingerprint density at radius 3 is 2.74 bits per heavy atom. The van der Waals surface area contributed by atoms with Gasteiger partial charge in [-0.2, -0.15) is 0 Å². The zero-order valence-electron chi connectivity index (χ0n) is 14.3. The number of esters is 1. The lowest BCUT2D eigenvalue weighted by Gasteiger charge is -2.14. The standard InChI is InChI=1S/C17H14ClFN4O4/c1-9(16(24)20-13-6-4-11(19)8-12(13)18)27-23-15-7-10(17(25)26-2)3-5-14(15)21-22-23/h3-9H,1-2H3,(H,20,24)/t9-/m0/s1. The first-order chi connectivity index (χ1) is 12.9. The van der Waals surface area contributed by atoms with Crippen molar-refractivity contribution in [3.8, 4) is 0 Å². The van der Waals surface area contributed by atoms with Crippen molar-refractivity contribution >= 4 is 40.2 Å². The fourth-order valence-electron chi connectivity index (χ4n) is 2.24.